The molecular weight excluding hydrogens is 444 g/mol. The van der Waals surface area contributed by atoms with Crippen molar-refractivity contribution in [2.45, 2.75) is 25.5 Å². The Bertz CT molecular complexity index is 637. The maximum Gasteiger partial charge on any atom is 0.148 e. The molecule has 0 bridgehead atoms. The first-order chi connectivity index (χ1) is 9.92. The number of hydrogen-bond acceptors (Lipinski definition) is 3. The number of halogens is 4. The lowest BCUT2D eigenvalue weighted by Crippen LogP contribution is -2.31. The van der Waals surface area contributed by atoms with Crippen molar-refractivity contribution >= 4 is 54.8 Å². The van der Waals surface area contributed by atoms with Crippen molar-refractivity contribution in [1.82, 2.24) is 0 Å². The second-order valence-electron chi connectivity index (χ2n) is 4.45. The molecular formula is C14H13Br2ClFNOS. The smallest absolute Gasteiger partial charge is 0.148 e. The zero-order chi connectivity index (χ0) is 15.6. The fourth-order valence-electron chi connectivity index (χ4n) is 1.78. The van der Waals surface area contributed by atoms with Crippen LogP contribution >= 0.6 is 54.8 Å². The van der Waals surface area contributed by atoms with Gasteiger partial charge in [-0.1, -0.05) is 18.5 Å². The van der Waals surface area contributed by atoms with Crippen LogP contribution in [0.4, 0.5) is 4.39 Å². The molecule has 21 heavy (non-hydrogen) atoms. The Balaban J connectivity index is 2.33. The molecule has 114 valence electrons. The molecule has 0 radical (unpaired) electrons. The van der Waals surface area contributed by atoms with Crippen LogP contribution in [-0.4, -0.2) is 6.04 Å². The van der Waals surface area contributed by atoms with Crippen LogP contribution in [0, 0.1) is 5.82 Å². The molecule has 2 atom stereocenters. The second-order valence-corrected chi connectivity index (χ2v) is 8.21. The lowest BCUT2D eigenvalue weighted by atomic mass is 10.1. The van der Waals surface area contributed by atoms with Crippen LogP contribution in [0.3, 0.4) is 0 Å². The number of benzene rings is 1. The molecule has 1 aromatic heterocycles. The highest BCUT2D eigenvalue weighted by Crippen LogP contribution is 2.37. The predicted molar refractivity (Wildman–Crippen MR) is 92.8 cm³/mol. The van der Waals surface area contributed by atoms with Crippen molar-refractivity contribution < 1.29 is 9.13 Å². The van der Waals surface area contributed by atoms with Gasteiger partial charge in [-0.3, -0.25) is 0 Å². The molecule has 0 aliphatic carbocycles. The molecule has 0 aliphatic rings. The van der Waals surface area contributed by atoms with Crippen LogP contribution in [0.5, 0.6) is 5.75 Å². The van der Waals surface area contributed by atoms with Crippen LogP contribution in [0.1, 0.15) is 24.3 Å². The Labute approximate surface area is 148 Å². The van der Waals surface area contributed by atoms with Gasteiger partial charge < -0.3 is 10.5 Å². The third kappa shape index (κ3) is 4.20. The minimum absolute atomic E-state index is 0.0458. The van der Waals surface area contributed by atoms with E-state index in [4.69, 9.17) is 22.1 Å². The summed E-state index contributed by atoms with van der Waals surface area (Å²) in [5, 5.41) is 0.0458. The summed E-state index contributed by atoms with van der Waals surface area (Å²) in [5.41, 5.74) is 6.16. The maximum atomic E-state index is 13.6. The van der Waals surface area contributed by atoms with Crippen molar-refractivity contribution in [3.8, 4) is 5.75 Å². The first kappa shape index (κ1) is 17.2. The fraction of sp³-hybridized carbons (Fsp3) is 0.286. The van der Waals surface area contributed by atoms with Gasteiger partial charge in [0.05, 0.1) is 13.3 Å². The molecule has 2 rings (SSSR count). The summed E-state index contributed by atoms with van der Waals surface area (Å²) >= 11 is 14.1. The molecule has 2 N–H and O–H groups in total. The van der Waals surface area contributed by atoms with Gasteiger partial charge >= 0.3 is 0 Å². The van der Waals surface area contributed by atoms with E-state index in [2.05, 4.69) is 31.9 Å². The molecule has 0 saturated carbocycles. The summed E-state index contributed by atoms with van der Waals surface area (Å²) in [6.07, 6.45) is 0.400. The second kappa shape index (κ2) is 7.42. The van der Waals surface area contributed by atoms with Crippen molar-refractivity contribution in [3.05, 3.63) is 48.2 Å². The van der Waals surface area contributed by atoms with Crippen LogP contribution in [0.25, 0.3) is 0 Å². The van der Waals surface area contributed by atoms with E-state index in [-0.39, 0.29) is 17.2 Å². The highest BCUT2D eigenvalue weighted by atomic mass is 79.9. The first-order valence-electron chi connectivity index (χ1n) is 6.24. The molecule has 7 heteroatoms. The largest absolute Gasteiger partial charge is 0.482 e. The highest BCUT2D eigenvalue weighted by molar-refractivity contribution is 9.11. The third-order valence-corrected chi connectivity index (χ3v) is 5.56. The van der Waals surface area contributed by atoms with Crippen LogP contribution in [-0.2, 0) is 0 Å². The van der Waals surface area contributed by atoms with Gasteiger partial charge in [0, 0.05) is 17.0 Å². The zero-order valence-electron chi connectivity index (χ0n) is 11.1. The SMILES string of the molecule is CCC(N)C(Oc1cc(F)c(Cl)cc1Br)c1ccc(Br)s1. The first-order valence-corrected chi connectivity index (χ1v) is 9.02. The van der Waals surface area contributed by atoms with Crippen LogP contribution in [0.2, 0.25) is 5.02 Å². The van der Waals surface area contributed by atoms with E-state index in [1.54, 1.807) is 11.3 Å². The quantitative estimate of drug-likeness (QED) is 0.566. The van der Waals surface area contributed by atoms with Gasteiger partial charge in [-0.15, -0.1) is 11.3 Å². The number of nitrogens with two attached hydrogens (primary N) is 1. The van der Waals surface area contributed by atoms with E-state index in [1.165, 1.54) is 12.1 Å². The fourth-order valence-corrected chi connectivity index (χ4v) is 4.04. The minimum atomic E-state index is -0.522. The molecule has 2 aromatic rings. The van der Waals surface area contributed by atoms with E-state index >= 15 is 0 Å². The molecule has 0 aliphatic heterocycles. The van der Waals surface area contributed by atoms with Gasteiger partial charge in [-0.2, -0.15) is 0 Å². The monoisotopic (exact) mass is 455 g/mol. The molecule has 2 nitrogen and oxygen atoms in total. The Morgan fingerprint density at radius 3 is 2.67 bits per heavy atom. The standard InChI is InChI=1S/C14H13Br2ClFNOS/c1-2-10(19)14(12-3-4-13(16)21-12)20-11-6-9(18)8(17)5-7(11)15/h3-6,10,14H,2,19H2,1H3. The lowest BCUT2D eigenvalue weighted by molar-refractivity contribution is 0.173. The van der Waals surface area contributed by atoms with Crippen molar-refractivity contribution in [2.75, 3.05) is 0 Å². The molecule has 0 spiro atoms. The van der Waals surface area contributed by atoms with Gasteiger partial charge in [0.1, 0.15) is 17.7 Å². The van der Waals surface area contributed by atoms with Crippen molar-refractivity contribution in [1.29, 1.82) is 0 Å². The molecule has 2 unspecified atom stereocenters. The molecule has 0 fully saturated rings. The Hall–Kier alpha value is -0.140. The Kier molecular flexibility index (Phi) is 6.08. The molecule has 0 amide bonds. The Morgan fingerprint density at radius 2 is 2.10 bits per heavy atom. The van der Waals surface area contributed by atoms with Gasteiger partial charge in [0.15, 0.2) is 0 Å². The number of rotatable bonds is 5. The maximum absolute atomic E-state index is 13.6. The van der Waals surface area contributed by atoms with Crippen molar-refractivity contribution in [3.63, 3.8) is 0 Å². The van der Waals surface area contributed by atoms with E-state index < -0.39 is 5.82 Å². The van der Waals surface area contributed by atoms with Crippen LogP contribution in [0.15, 0.2) is 32.5 Å². The minimum Gasteiger partial charge on any atom is -0.482 e. The summed E-state index contributed by atoms with van der Waals surface area (Å²) in [5.74, 6) is -0.138. The molecule has 1 aromatic carbocycles. The average molecular weight is 458 g/mol. The van der Waals surface area contributed by atoms with E-state index in [9.17, 15) is 4.39 Å². The number of ether oxygens (including phenoxy) is 1. The van der Waals surface area contributed by atoms with E-state index in [0.717, 1.165) is 15.1 Å². The lowest BCUT2D eigenvalue weighted by Gasteiger charge is -2.24. The number of thiophene rings is 1. The summed E-state index contributed by atoms with van der Waals surface area (Å²) in [7, 11) is 0. The Morgan fingerprint density at radius 1 is 1.38 bits per heavy atom. The summed E-state index contributed by atoms with van der Waals surface area (Å²) < 4.78 is 21.2. The zero-order valence-corrected chi connectivity index (χ0v) is 15.8. The van der Waals surface area contributed by atoms with Gasteiger partial charge in [0.25, 0.3) is 0 Å². The summed E-state index contributed by atoms with van der Waals surface area (Å²) in [4.78, 5) is 0.985. The molecule has 1 heterocycles. The topological polar surface area (TPSA) is 35.2 Å². The highest BCUT2D eigenvalue weighted by Gasteiger charge is 2.24. The van der Waals surface area contributed by atoms with Gasteiger partial charge in [-0.25, -0.2) is 4.39 Å². The average Bonchev–Trinajstić information content (AvgIpc) is 2.87. The molecule has 0 saturated heterocycles. The number of hydrogen-bond donors (Lipinski definition) is 1. The third-order valence-electron chi connectivity index (χ3n) is 2.96. The summed E-state index contributed by atoms with van der Waals surface area (Å²) in [6, 6.07) is 6.45. The normalized spacial score (nSPS) is 14.0. The van der Waals surface area contributed by atoms with E-state index in [0.29, 0.717) is 10.2 Å². The van der Waals surface area contributed by atoms with E-state index in [1.807, 2.05) is 19.1 Å². The van der Waals surface area contributed by atoms with Gasteiger partial charge in [-0.05, 0) is 56.5 Å². The van der Waals surface area contributed by atoms with Gasteiger partial charge in [0.2, 0.25) is 0 Å². The van der Waals surface area contributed by atoms with Crippen LogP contribution < -0.4 is 10.5 Å². The van der Waals surface area contributed by atoms with Crippen molar-refractivity contribution in [2.24, 2.45) is 5.73 Å². The summed E-state index contributed by atoms with van der Waals surface area (Å²) in [6.45, 7) is 1.99. The predicted octanol–water partition coefficient (Wildman–Crippen LogP) is 5.92.